The van der Waals surface area contributed by atoms with E-state index in [4.69, 9.17) is 0 Å². The van der Waals surface area contributed by atoms with Crippen LogP contribution in [0.4, 0.5) is 19.0 Å². The van der Waals surface area contributed by atoms with Crippen LogP contribution in [0.3, 0.4) is 0 Å². The van der Waals surface area contributed by atoms with E-state index in [9.17, 15) is 18.0 Å². The van der Waals surface area contributed by atoms with Gasteiger partial charge >= 0.3 is 6.18 Å². The van der Waals surface area contributed by atoms with E-state index in [2.05, 4.69) is 15.6 Å². The molecule has 2 N–H and O–H groups in total. The lowest BCUT2D eigenvalue weighted by atomic mass is 10.1. The molecule has 0 aromatic carbocycles. The Balaban J connectivity index is 2.62. The molecule has 1 rings (SSSR count). The first-order valence-electron chi connectivity index (χ1n) is 5.66. The van der Waals surface area contributed by atoms with Crippen LogP contribution < -0.4 is 10.6 Å². The number of carbonyl (C=O) groups excluding carboxylic acids is 1. The molecule has 7 heteroatoms. The minimum atomic E-state index is -4.42. The van der Waals surface area contributed by atoms with Gasteiger partial charge in [0.25, 0.3) is 0 Å². The Bertz CT molecular complexity index is 452. The molecule has 0 fully saturated rings. The van der Waals surface area contributed by atoms with E-state index < -0.39 is 11.7 Å². The van der Waals surface area contributed by atoms with Gasteiger partial charge in [0.1, 0.15) is 5.82 Å². The van der Waals surface area contributed by atoms with Crippen LogP contribution in [0, 0.1) is 0 Å². The number of halogens is 3. The van der Waals surface area contributed by atoms with Gasteiger partial charge < -0.3 is 10.6 Å². The number of rotatable bonds is 3. The highest BCUT2D eigenvalue weighted by molar-refractivity contribution is 5.81. The maximum Gasteiger partial charge on any atom is 0.416 e. The van der Waals surface area contributed by atoms with Gasteiger partial charge in [-0.05, 0) is 32.9 Å². The first-order valence-corrected chi connectivity index (χ1v) is 5.66. The minimum Gasteiger partial charge on any atom is -0.361 e. The van der Waals surface area contributed by atoms with E-state index in [1.165, 1.54) is 0 Å². The predicted molar refractivity (Wildman–Crippen MR) is 65.6 cm³/mol. The number of carbonyl (C=O) groups is 1. The average molecular weight is 275 g/mol. The van der Waals surface area contributed by atoms with Gasteiger partial charge in [0.2, 0.25) is 5.91 Å². The molecule has 4 nitrogen and oxygen atoms in total. The van der Waals surface area contributed by atoms with E-state index in [1.54, 1.807) is 0 Å². The quantitative estimate of drug-likeness (QED) is 0.890. The zero-order valence-corrected chi connectivity index (χ0v) is 10.9. The third-order valence-electron chi connectivity index (χ3n) is 2.03. The molecule has 1 amide bonds. The topological polar surface area (TPSA) is 54.0 Å². The lowest BCUT2D eigenvalue weighted by Crippen LogP contribution is -2.43. The molecule has 106 valence electrons. The van der Waals surface area contributed by atoms with E-state index >= 15 is 0 Å². The first-order chi connectivity index (χ1) is 8.58. The molecule has 0 aliphatic heterocycles. The highest BCUT2D eigenvalue weighted by Gasteiger charge is 2.30. The molecule has 0 aliphatic carbocycles. The molecule has 0 spiro atoms. The SMILES string of the molecule is CC(C)(C)NC(=O)CNc1cc(C(F)(F)F)ccn1. The van der Waals surface area contributed by atoms with Crippen molar-refractivity contribution in [2.24, 2.45) is 0 Å². The van der Waals surface area contributed by atoms with Gasteiger partial charge in [-0.1, -0.05) is 0 Å². The Hall–Kier alpha value is -1.79. The van der Waals surface area contributed by atoms with Gasteiger partial charge in [-0.15, -0.1) is 0 Å². The number of pyridine rings is 1. The van der Waals surface area contributed by atoms with Crippen molar-refractivity contribution >= 4 is 11.7 Å². The molecule has 1 aromatic heterocycles. The number of amides is 1. The van der Waals surface area contributed by atoms with Crippen LogP contribution in [0.15, 0.2) is 18.3 Å². The summed E-state index contributed by atoms with van der Waals surface area (Å²) in [4.78, 5) is 15.2. The number of anilines is 1. The first kappa shape index (κ1) is 15.3. The van der Waals surface area contributed by atoms with Crippen LogP contribution in [0.2, 0.25) is 0 Å². The zero-order chi connectivity index (χ0) is 14.7. The van der Waals surface area contributed by atoms with E-state index in [1.807, 2.05) is 20.8 Å². The van der Waals surface area contributed by atoms with Crippen LogP contribution in [-0.4, -0.2) is 23.0 Å². The maximum absolute atomic E-state index is 12.5. The molecule has 1 aromatic rings. The Morgan fingerprint density at radius 3 is 2.47 bits per heavy atom. The Morgan fingerprint density at radius 2 is 1.95 bits per heavy atom. The highest BCUT2D eigenvalue weighted by atomic mass is 19.4. The number of aromatic nitrogens is 1. The summed E-state index contributed by atoms with van der Waals surface area (Å²) in [7, 11) is 0. The van der Waals surface area contributed by atoms with Crippen molar-refractivity contribution in [1.82, 2.24) is 10.3 Å². The van der Waals surface area contributed by atoms with Gasteiger partial charge in [-0.25, -0.2) is 4.98 Å². The highest BCUT2D eigenvalue weighted by Crippen LogP contribution is 2.29. The molecule has 0 atom stereocenters. The van der Waals surface area contributed by atoms with Crippen molar-refractivity contribution in [3.05, 3.63) is 23.9 Å². The second-order valence-electron chi connectivity index (χ2n) is 5.08. The molecule has 0 unspecified atom stereocenters. The smallest absolute Gasteiger partial charge is 0.361 e. The predicted octanol–water partition coefficient (Wildman–Crippen LogP) is 2.43. The number of alkyl halides is 3. The second kappa shape index (κ2) is 5.46. The van der Waals surface area contributed by atoms with E-state index in [-0.39, 0.29) is 23.8 Å². The van der Waals surface area contributed by atoms with Crippen LogP contribution in [0.5, 0.6) is 0 Å². The van der Waals surface area contributed by atoms with Crippen LogP contribution >= 0.6 is 0 Å². The monoisotopic (exact) mass is 275 g/mol. The lowest BCUT2D eigenvalue weighted by Gasteiger charge is -2.20. The molecule has 0 saturated heterocycles. The summed E-state index contributed by atoms with van der Waals surface area (Å²) in [5.74, 6) is -0.300. The molecular formula is C12H16F3N3O. The van der Waals surface area contributed by atoms with Gasteiger partial charge in [-0.2, -0.15) is 13.2 Å². The average Bonchev–Trinajstić information content (AvgIpc) is 2.23. The summed E-state index contributed by atoms with van der Waals surface area (Å²) in [6, 6.07) is 1.74. The fourth-order valence-electron chi connectivity index (χ4n) is 1.34. The minimum absolute atomic E-state index is 0.0129. The van der Waals surface area contributed by atoms with Crippen LogP contribution in [0.25, 0.3) is 0 Å². The summed E-state index contributed by atoms with van der Waals surface area (Å²) >= 11 is 0. The molecule has 1 heterocycles. The zero-order valence-electron chi connectivity index (χ0n) is 10.9. The summed E-state index contributed by atoms with van der Waals surface area (Å²) in [5, 5.41) is 5.24. The van der Waals surface area contributed by atoms with Crippen molar-refractivity contribution in [2.75, 3.05) is 11.9 Å². The largest absolute Gasteiger partial charge is 0.416 e. The molecule has 0 bridgehead atoms. The summed E-state index contributed by atoms with van der Waals surface area (Å²) in [6.45, 7) is 5.31. The normalized spacial score (nSPS) is 12.1. The van der Waals surface area contributed by atoms with Gasteiger partial charge in [-0.3, -0.25) is 4.79 Å². The number of hydrogen-bond acceptors (Lipinski definition) is 3. The van der Waals surface area contributed by atoms with Crippen molar-refractivity contribution in [3.63, 3.8) is 0 Å². The fraction of sp³-hybridized carbons (Fsp3) is 0.500. The van der Waals surface area contributed by atoms with E-state index in [0.717, 1.165) is 18.3 Å². The second-order valence-corrected chi connectivity index (χ2v) is 5.08. The standard InChI is InChI=1S/C12H16F3N3O/c1-11(2,3)18-10(19)7-17-9-6-8(4-5-16-9)12(13,14)15/h4-6H,7H2,1-3H3,(H,16,17)(H,18,19). The lowest BCUT2D eigenvalue weighted by molar-refractivity contribution is -0.137. The summed E-state index contributed by atoms with van der Waals surface area (Å²) < 4.78 is 37.4. The summed E-state index contributed by atoms with van der Waals surface area (Å²) in [6.07, 6.45) is -3.38. The molecule has 0 radical (unpaired) electrons. The maximum atomic E-state index is 12.5. The third kappa shape index (κ3) is 5.58. The molecule has 0 aliphatic rings. The molecule has 19 heavy (non-hydrogen) atoms. The third-order valence-corrected chi connectivity index (χ3v) is 2.03. The van der Waals surface area contributed by atoms with E-state index in [0.29, 0.717) is 0 Å². The Kier molecular flexibility index (Phi) is 4.39. The van der Waals surface area contributed by atoms with Crippen molar-refractivity contribution in [3.8, 4) is 0 Å². The van der Waals surface area contributed by atoms with Crippen LogP contribution in [-0.2, 0) is 11.0 Å². The fourth-order valence-corrected chi connectivity index (χ4v) is 1.34. The van der Waals surface area contributed by atoms with Crippen molar-refractivity contribution < 1.29 is 18.0 Å². The molecular weight excluding hydrogens is 259 g/mol. The number of nitrogens with one attached hydrogen (secondary N) is 2. The number of nitrogens with zero attached hydrogens (tertiary/aromatic N) is 1. The summed E-state index contributed by atoms with van der Waals surface area (Å²) in [5.41, 5.74) is -1.19. The van der Waals surface area contributed by atoms with Gasteiger partial charge in [0.15, 0.2) is 0 Å². The van der Waals surface area contributed by atoms with Gasteiger partial charge in [0.05, 0.1) is 12.1 Å². The van der Waals surface area contributed by atoms with Crippen LogP contribution in [0.1, 0.15) is 26.3 Å². The van der Waals surface area contributed by atoms with Gasteiger partial charge in [0, 0.05) is 11.7 Å². The Labute approximate surface area is 109 Å². The van der Waals surface area contributed by atoms with Crippen molar-refractivity contribution in [2.45, 2.75) is 32.5 Å². The van der Waals surface area contributed by atoms with Crippen molar-refractivity contribution in [1.29, 1.82) is 0 Å². The Morgan fingerprint density at radius 1 is 1.32 bits per heavy atom. The molecule has 0 saturated carbocycles. The number of hydrogen-bond donors (Lipinski definition) is 2.